The van der Waals surface area contributed by atoms with Crippen LogP contribution in [0.3, 0.4) is 0 Å². The van der Waals surface area contributed by atoms with Crippen molar-refractivity contribution in [3.05, 3.63) is 24.3 Å². The van der Waals surface area contributed by atoms with Crippen LogP contribution in [0.1, 0.15) is 104 Å². The van der Waals surface area contributed by atoms with Crippen molar-refractivity contribution in [2.45, 2.75) is 115 Å². The van der Waals surface area contributed by atoms with E-state index >= 15 is 0 Å². The zero-order chi connectivity index (χ0) is 23.0. The summed E-state index contributed by atoms with van der Waals surface area (Å²) in [5, 5.41) is 3.06. The molecule has 180 valence electrons. The second kappa shape index (κ2) is 19.2. The third-order valence-electron chi connectivity index (χ3n) is 6.19. The van der Waals surface area contributed by atoms with Crippen LogP contribution in [0.4, 0.5) is 5.69 Å². The van der Waals surface area contributed by atoms with Crippen LogP contribution >= 0.6 is 0 Å². The minimum Gasteiger partial charge on any atom is -0.744 e. The fourth-order valence-corrected chi connectivity index (χ4v) is 4.66. The van der Waals surface area contributed by atoms with E-state index < -0.39 is 10.1 Å². The van der Waals surface area contributed by atoms with Crippen LogP contribution in [0.5, 0.6) is 0 Å². The van der Waals surface area contributed by atoms with Gasteiger partial charge in [-0.25, -0.2) is 8.42 Å². The third-order valence-corrected chi connectivity index (χ3v) is 7.09. The summed E-state index contributed by atoms with van der Waals surface area (Å²) in [6.45, 7) is 5.01. The van der Waals surface area contributed by atoms with Gasteiger partial charge in [0.2, 0.25) is 0 Å². The monoisotopic (exact) mass is 476 g/mol. The molecule has 0 aliphatic heterocycles. The standard InChI is InChI=1S/C25H46N2O3S.Na/c1-3-4-5-6-7-8-9-10-11-12-13-14-17-22(2)23(26)20-21-27-24-18-15-16-19-25(24)31(28,29)30;/h15-16,18-19,22-23,27H,3-14,17,20-21,26H2,1-2H3,(H,28,29,30);/q;+1/p-1. The van der Waals surface area contributed by atoms with E-state index in [4.69, 9.17) is 5.73 Å². The van der Waals surface area contributed by atoms with E-state index in [1.165, 1.54) is 83.1 Å². The number of rotatable bonds is 19. The second-order valence-corrected chi connectivity index (χ2v) is 10.3. The van der Waals surface area contributed by atoms with Gasteiger partial charge in [0, 0.05) is 12.6 Å². The fourth-order valence-electron chi connectivity index (χ4n) is 4.01. The van der Waals surface area contributed by atoms with Crippen molar-refractivity contribution < 1.29 is 42.5 Å². The van der Waals surface area contributed by atoms with E-state index in [-0.39, 0.29) is 40.5 Å². The number of hydrogen-bond acceptors (Lipinski definition) is 5. The summed E-state index contributed by atoms with van der Waals surface area (Å²) < 4.78 is 34.0. The number of anilines is 1. The van der Waals surface area contributed by atoms with Gasteiger partial charge in [-0.3, -0.25) is 0 Å². The molecular formula is C25H45N2NaO3S. The van der Waals surface area contributed by atoms with Crippen LogP contribution in [-0.2, 0) is 10.1 Å². The summed E-state index contributed by atoms with van der Waals surface area (Å²) in [7, 11) is -4.47. The van der Waals surface area contributed by atoms with Gasteiger partial charge in [-0.2, -0.15) is 0 Å². The number of unbranched alkanes of at least 4 members (excludes halogenated alkanes) is 11. The van der Waals surface area contributed by atoms with Crippen molar-refractivity contribution in [1.82, 2.24) is 0 Å². The Bertz CT molecular complexity index is 686. The first-order valence-electron chi connectivity index (χ1n) is 12.4. The molecule has 0 saturated heterocycles. The molecular weight excluding hydrogens is 431 g/mol. The van der Waals surface area contributed by atoms with E-state index in [9.17, 15) is 13.0 Å². The summed E-state index contributed by atoms with van der Waals surface area (Å²) in [5.74, 6) is 0.434. The van der Waals surface area contributed by atoms with Crippen LogP contribution in [0.15, 0.2) is 29.2 Å². The Morgan fingerprint density at radius 1 is 0.875 bits per heavy atom. The van der Waals surface area contributed by atoms with Crippen LogP contribution in [0.25, 0.3) is 0 Å². The van der Waals surface area contributed by atoms with E-state index in [2.05, 4.69) is 19.2 Å². The molecule has 7 heteroatoms. The Hall–Kier alpha value is -0.110. The number of benzene rings is 1. The average Bonchev–Trinajstić information content (AvgIpc) is 2.74. The van der Waals surface area contributed by atoms with E-state index in [0.29, 0.717) is 18.2 Å². The zero-order valence-corrected chi connectivity index (χ0v) is 23.6. The zero-order valence-electron chi connectivity index (χ0n) is 20.8. The summed E-state index contributed by atoms with van der Waals surface area (Å²) in [5.41, 5.74) is 6.68. The maximum Gasteiger partial charge on any atom is 1.00 e. The molecule has 0 bridgehead atoms. The Kier molecular flexibility index (Phi) is 19.2. The molecule has 1 aromatic carbocycles. The molecule has 1 aromatic rings. The average molecular weight is 477 g/mol. The maximum absolute atomic E-state index is 11.3. The Morgan fingerprint density at radius 2 is 1.38 bits per heavy atom. The fraction of sp³-hybridized carbons (Fsp3) is 0.760. The van der Waals surface area contributed by atoms with Crippen LogP contribution in [-0.4, -0.2) is 25.6 Å². The van der Waals surface area contributed by atoms with E-state index in [1.807, 2.05) is 0 Å². The third kappa shape index (κ3) is 14.9. The number of nitrogens with one attached hydrogen (secondary N) is 1. The molecule has 2 unspecified atom stereocenters. The summed E-state index contributed by atoms with van der Waals surface area (Å²) in [4.78, 5) is -0.201. The first kappa shape index (κ1) is 31.9. The molecule has 0 fully saturated rings. The molecule has 0 aliphatic carbocycles. The molecule has 0 aliphatic rings. The second-order valence-electron chi connectivity index (χ2n) is 8.98. The predicted octanol–water partition coefficient (Wildman–Crippen LogP) is 3.45. The molecule has 0 amide bonds. The first-order chi connectivity index (χ1) is 14.9. The van der Waals surface area contributed by atoms with Gasteiger partial charge in [0.05, 0.1) is 10.6 Å². The van der Waals surface area contributed by atoms with Crippen molar-refractivity contribution in [2.75, 3.05) is 11.9 Å². The molecule has 3 N–H and O–H groups in total. The van der Waals surface area contributed by atoms with Crippen molar-refractivity contribution in [2.24, 2.45) is 11.7 Å². The van der Waals surface area contributed by atoms with Gasteiger partial charge in [-0.05, 0) is 30.9 Å². The maximum atomic E-state index is 11.3. The van der Waals surface area contributed by atoms with Gasteiger partial charge in [-0.15, -0.1) is 0 Å². The van der Waals surface area contributed by atoms with E-state index in [0.717, 1.165) is 12.8 Å². The minimum absolute atomic E-state index is 0. The SMILES string of the molecule is CCCCCCCCCCCCCCC(C)C(N)CCNc1ccccc1S(=O)(=O)[O-].[Na+]. The Balaban J connectivity index is 0.00000961. The topological polar surface area (TPSA) is 95.2 Å². The molecule has 5 nitrogen and oxygen atoms in total. The molecule has 0 aromatic heterocycles. The molecule has 0 saturated carbocycles. The van der Waals surface area contributed by atoms with Crippen LogP contribution in [0.2, 0.25) is 0 Å². The van der Waals surface area contributed by atoms with Crippen molar-refractivity contribution in [3.63, 3.8) is 0 Å². The van der Waals surface area contributed by atoms with Crippen molar-refractivity contribution in [1.29, 1.82) is 0 Å². The largest absolute Gasteiger partial charge is 1.00 e. The van der Waals surface area contributed by atoms with Gasteiger partial charge in [0.25, 0.3) is 0 Å². The molecule has 0 radical (unpaired) electrons. The molecule has 1 rings (SSSR count). The summed E-state index contributed by atoms with van der Waals surface area (Å²) in [6, 6.07) is 6.29. The smallest absolute Gasteiger partial charge is 0.744 e. The summed E-state index contributed by atoms with van der Waals surface area (Å²) >= 11 is 0. The number of nitrogens with two attached hydrogens (primary N) is 1. The van der Waals surface area contributed by atoms with Crippen molar-refractivity contribution >= 4 is 15.8 Å². The minimum atomic E-state index is -4.47. The Labute approximate surface area is 219 Å². The molecule has 2 atom stereocenters. The number of hydrogen-bond donors (Lipinski definition) is 2. The number of para-hydroxylation sites is 1. The van der Waals surface area contributed by atoms with Gasteiger partial charge in [0.1, 0.15) is 10.1 Å². The van der Waals surface area contributed by atoms with Gasteiger partial charge >= 0.3 is 29.6 Å². The summed E-state index contributed by atoms with van der Waals surface area (Å²) in [6.07, 6.45) is 18.1. The molecule has 0 spiro atoms. The van der Waals surface area contributed by atoms with Crippen molar-refractivity contribution in [3.8, 4) is 0 Å². The van der Waals surface area contributed by atoms with Crippen LogP contribution < -0.4 is 40.6 Å². The van der Waals surface area contributed by atoms with Crippen LogP contribution in [0, 0.1) is 5.92 Å². The first-order valence-corrected chi connectivity index (χ1v) is 13.8. The Morgan fingerprint density at radius 3 is 1.91 bits per heavy atom. The predicted molar refractivity (Wildman–Crippen MR) is 130 cm³/mol. The quantitative estimate of drug-likeness (QED) is 0.181. The molecule has 32 heavy (non-hydrogen) atoms. The normalized spacial score (nSPS) is 13.4. The van der Waals surface area contributed by atoms with Gasteiger partial charge < -0.3 is 15.6 Å². The van der Waals surface area contributed by atoms with Gasteiger partial charge in [-0.1, -0.05) is 103 Å². The molecule has 0 heterocycles. The van der Waals surface area contributed by atoms with E-state index in [1.54, 1.807) is 18.2 Å². The van der Waals surface area contributed by atoms with Gasteiger partial charge in [0.15, 0.2) is 0 Å².